The van der Waals surface area contributed by atoms with E-state index in [0.717, 1.165) is 37.2 Å². The van der Waals surface area contributed by atoms with Crippen molar-refractivity contribution in [3.05, 3.63) is 23.7 Å². The van der Waals surface area contributed by atoms with Crippen LogP contribution < -0.4 is 0 Å². The Kier molecular flexibility index (Phi) is 8.93. The summed E-state index contributed by atoms with van der Waals surface area (Å²) in [5.41, 5.74) is 0. The molecule has 16 heavy (non-hydrogen) atoms. The van der Waals surface area contributed by atoms with Crippen LogP contribution in [-0.2, 0) is 13.6 Å². The quantitative estimate of drug-likeness (QED) is 0.441. The predicted octanol–water partition coefficient (Wildman–Crippen LogP) is 5.08. The molecule has 0 aliphatic rings. The molecule has 4 heteroatoms. The van der Waals surface area contributed by atoms with Crippen LogP contribution in [0.2, 0.25) is 0 Å². The molecule has 0 unspecified atom stereocenters. The Morgan fingerprint density at radius 3 is 1.56 bits per heavy atom. The molecule has 0 N–H and O–H groups in total. The van der Waals surface area contributed by atoms with Crippen LogP contribution >= 0.6 is 8.25 Å². The fourth-order valence-electron chi connectivity index (χ4n) is 1.16. The van der Waals surface area contributed by atoms with Crippen molar-refractivity contribution in [2.24, 2.45) is 0 Å². The molecule has 0 fully saturated rings. The molecule has 0 aliphatic carbocycles. The third-order valence-electron chi connectivity index (χ3n) is 1.94. The summed E-state index contributed by atoms with van der Waals surface area (Å²) < 4.78 is 22.0. The Morgan fingerprint density at radius 1 is 0.938 bits per heavy atom. The van der Waals surface area contributed by atoms with Gasteiger partial charge < -0.3 is 0 Å². The van der Waals surface area contributed by atoms with E-state index in [0.29, 0.717) is 0 Å². The van der Waals surface area contributed by atoms with Gasteiger partial charge in [-0.2, -0.15) is 0 Å². The lowest BCUT2D eigenvalue weighted by Gasteiger charge is -1.97. The molecule has 0 radical (unpaired) electrons. The summed E-state index contributed by atoms with van der Waals surface area (Å²) in [7, 11) is -2.08. The van der Waals surface area contributed by atoms with Crippen molar-refractivity contribution in [2.75, 3.05) is 0 Å². The van der Waals surface area contributed by atoms with Gasteiger partial charge in [0, 0.05) is 17.4 Å². The van der Waals surface area contributed by atoms with E-state index in [-0.39, 0.29) is 0 Å². The summed E-state index contributed by atoms with van der Waals surface area (Å²) in [5.74, 6) is 1.46. The predicted molar refractivity (Wildman–Crippen MR) is 67.1 cm³/mol. The lowest BCUT2D eigenvalue weighted by Crippen LogP contribution is -1.87. The van der Waals surface area contributed by atoms with Gasteiger partial charge in [0.15, 0.2) is 11.5 Å². The van der Waals surface area contributed by atoms with Crippen LogP contribution in [0.5, 0.6) is 0 Å². The first-order chi connectivity index (χ1) is 7.67. The smallest absolute Gasteiger partial charge is 0.227 e. The molecular weight excluding hydrogens is 223 g/mol. The Morgan fingerprint density at radius 2 is 1.31 bits per heavy atom. The minimum atomic E-state index is -2.08. The zero-order chi connectivity index (χ0) is 12.4. The van der Waals surface area contributed by atoms with E-state index in [1.807, 2.05) is 39.8 Å². The third kappa shape index (κ3) is 6.62. The van der Waals surface area contributed by atoms with Gasteiger partial charge in [0.05, 0.1) is 0 Å². The van der Waals surface area contributed by atoms with E-state index in [2.05, 4.69) is 0 Å². The summed E-state index contributed by atoms with van der Waals surface area (Å²) in [4.78, 5) is 0. The van der Waals surface area contributed by atoms with Gasteiger partial charge in [0.2, 0.25) is 0 Å². The summed E-state index contributed by atoms with van der Waals surface area (Å²) in [5, 5.41) is 0. The van der Waals surface area contributed by atoms with Gasteiger partial charge in [-0.25, -0.2) is 9.05 Å². The van der Waals surface area contributed by atoms with E-state index in [1.165, 1.54) is 0 Å². The van der Waals surface area contributed by atoms with E-state index in [4.69, 9.17) is 9.05 Å². The highest BCUT2D eigenvalue weighted by atomic mass is 31.1. The first-order valence-corrected chi connectivity index (χ1v) is 6.98. The van der Waals surface area contributed by atoms with Crippen molar-refractivity contribution in [3.63, 3.8) is 0 Å². The number of hydrogen-bond acceptors (Lipinski definition) is 3. The van der Waals surface area contributed by atoms with Gasteiger partial charge in [0.1, 0.15) is 0 Å². The van der Waals surface area contributed by atoms with Crippen molar-refractivity contribution < 1.29 is 13.6 Å². The molecule has 0 spiro atoms. The Labute approximate surface area is 99.5 Å². The second-order valence-electron chi connectivity index (χ2n) is 3.27. The van der Waals surface area contributed by atoms with Crippen LogP contribution in [0.4, 0.5) is 0 Å². The highest BCUT2D eigenvalue weighted by molar-refractivity contribution is 7.33. The zero-order valence-corrected chi connectivity index (χ0v) is 11.5. The lowest BCUT2D eigenvalue weighted by molar-refractivity contribution is 0.303. The fraction of sp³-hybridized carbons (Fsp3) is 0.667. The van der Waals surface area contributed by atoms with Gasteiger partial charge >= 0.3 is 8.25 Å². The van der Waals surface area contributed by atoms with E-state index >= 15 is 0 Å². The van der Waals surface area contributed by atoms with Gasteiger partial charge in [-0.05, 0) is 25.0 Å². The molecule has 0 saturated carbocycles. The Hall–Kier alpha value is -0.820. The second kappa shape index (κ2) is 9.41. The molecule has 0 bridgehead atoms. The summed E-state index contributed by atoms with van der Waals surface area (Å²) in [6, 6.07) is 0. The van der Waals surface area contributed by atoms with Crippen molar-refractivity contribution in [2.45, 2.75) is 53.4 Å². The maximum Gasteiger partial charge on any atom is 0.804 e. The first-order valence-electron chi connectivity index (χ1n) is 5.89. The molecule has 0 atom stereocenters. The fourth-order valence-corrected chi connectivity index (χ4v) is 1.99. The molecule has 0 amide bonds. The summed E-state index contributed by atoms with van der Waals surface area (Å²) in [6.07, 6.45) is 7.06. The van der Waals surface area contributed by atoms with Crippen molar-refractivity contribution in [1.29, 1.82) is 0 Å². The summed E-state index contributed by atoms with van der Waals surface area (Å²) in [6.45, 7) is 7.96. The SMILES string of the molecule is CCC=C(CC)O[P+](=O)OC(=CCC)CC. The normalized spacial score (nSPS) is 13.6. The number of hydrogen-bond donors (Lipinski definition) is 0. The van der Waals surface area contributed by atoms with Crippen molar-refractivity contribution >= 4 is 8.25 Å². The van der Waals surface area contributed by atoms with Gasteiger partial charge in [-0.3, -0.25) is 0 Å². The van der Waals surface area contributed by atoms with Crippen molar-refractivity contribution in [3.8, 4) is 0 Å². The topological polar surface area (TPSA) is 35.5 Å². The molecule has 3 nitrogen and oxygen atoms in total. The number of rotatable bonds is 8. The van der Waals surface area contributed by atoms with Crippen molar-refractivity contribution in [1.82, 2.24) is 0 Å². The molecule has 0 aromatic heterocycles. The van der Waals surface area contributed by atoms with Gasteiger partial charge in [-0.15, -0.1) is 0 Å². The van der Waals surface area contributed by atoms with Crippen LogP contribution in [0.1, 0.15) is 53.4 Å². The minimum absolute atomic E-state index is 0.732. The lowest BCUT2D eigenvalue weighted by atomic mass is 10.3. The molecule has 0 aromatic carbocycles. The second-order valence-corrected chi connectivity index (χ2v) is 4.08. The van der Waals surface area contributed by atoms with E-state index in [9.17, 15) is 4.57 Å². The van der Waals surface area contributed by atoms with E-state index < -0.39 is 8.25 Å². The maximum absolute atomic E-state index is 11.6. The molecule has 0 heterocycles. The van der Waals surface area contributed by atoms with Gasteiger partial charge in [0.25, 0.3) is 0 Å². The summed E-state index contributed by atoms with van der Waals surface area (Å²) >= 11 is 0. The molecule has 0 rings (SSSR count). The van der Waals surface area contributed by atoms with Crippen LogP contribution in [0, 0.1) is 0 Å². The average molecular weight is 245 g/mol. The van der Waals surface area contributed by atoms with Crippen LogP contribution in [0.25, 0.3) is 0 Å². The zero-order valence-electron chi connectivity index (χ0n) is 10.7. The highest BCUT2D eigenvalue weighted by Crippen LogP contribution is 2.33. The van der Waals surface area contributed by atoms with Crippen LogP contribution in [0.3, 0.4) is 0 Å². The number of allylic oxidation sites excluding steroid dienone is 4. The highest BCUT2D eigenvalue weighted by Gasteiger charge is 2.25. The molecule has 0 aliphatic heterocycles. The molecule has 92 valence electrons. The third-order valence-corrected chi connectivity index (χ3v) is 2.71. The largest absolute Gasteiger partial charge is 0.804 e. The Balaban J connectivity index is 4.26. The monoisotopic (exact) mass is 245 g/mol. The molecule has 0 saturated heterocycles. The van der Waals surface area contributed by atoms with Crippen LogP contribution in [0.15, 0.2) is 23.7 Å². The molecule has 0 aromatic rings. The van der Waals surface area contributed by atoms with Gasteiger partial charge in [-0.1, -0.05) is 27.7 Å². The molecular formula is C12H22O3P+. The van der Waals surface area contributed by atoms with Crippen LogP contribution in [-0.4, -0.2) is 0 Å². The Bertz CT molecular complexity index is 243. The van der Waals surface area contributed by atoms with E-state index in [1.54, 1.807) is 0 Å². The maximum atomic E-state index is 11.6. The standard InChI is InChI=1S/C12H22O3P/c1-5-9-11(7-3)14-16(13)15-12(8-4)10-6-2/h9-10H,5-8H2,1-4H3/q+1. The average Bonchev–Trinajstić information content (AvgIpc) is 2.27. The first kappa shape index (κ1) is 15.2. The minimum Gasteiger partial charge on any atom is -0.227 e.